The number of ether oxygens (including phenoxy) is 1. The summed E-state index contributed by atoms with van der Waals surface area (Å²) in [5.74, 6) is 0.0185. The van der Waals surface area contributed by atoms with Crippen LogP contribution in [-0.2, 0) is 16.1 Å². The number of benzene rings is 1. The smallest absolute Gasteiger partial charge is 0.308 e. The summed E-state index contributed by atoms with van der Waals surface area (Å²) in [7, 11) is 0. The molecule has 1 aliphatic carbocycles. The van der Waals surface area contributed by atoms with Crippen molar-refractivity contribution in [2.24, 2.45) is 5.92 Å². The molecule has 110 valence electrons. The van der Waals surface area contributed by atoms with Crippen LogP contribution in [0.2, 0.25) is 0 Å². The predicted octanol–water partition coefficient (Wildman–Crippen LogP) is 2.71. The van der Waals surface area contributed by atoms with Crippen LogP contribution >= 0.6 is 0 Å². The van der Waals surface area contributed by atoms with Gasteiger partial charge in [-0.15, -0.1) is 0 Å². The summed E-state index contributed by atoms with van der Waals surface area (Å²) in [6.45, 7) is 2.37. The van der Waals surface area contributed by atoms with E-state index in [9.17, 15) is 4.79 Å². The van der Waals surface area contributed by atoms with Gasteiger partial charge in [0.05, 0.1) is 19.1 Å². The van der Waals surface area contributed by atoms with E-state index < -0.39 is 0 Å². The monoisotopic (exact) mass is 277 g/mol. The highest BCUT2D eigenvalue weighted by Crippen LogP contribution is 2.27. The first-order valence-electron chi connectivity index (χ1n) is 7.36. The van der Waals surface area contributed by atoms with E-state index in [-0.39, 0.29) is 18.5 Å². The van der Waals surface area contributed by atoms with E-state index in [1.165, 1.54) is 0 Å². The molecule has 1 fully saturated rings. The first-order valence-corrected chi connectivity index (χ1v) is 7.36. The van der Waals surface area contributed by atoms with Crippen molar-refractivity contribution in [3.63, 3.8) is 0 Å². The van der Waals surface area contributed by atoms with Gasteiger partial charge in [-0.2, -0.15) is 0 Å². The molecule has 20 heavy (non-hydrogen) atoms. The standard InChI is InChI=1S/C16H23NO3/c1-2-20-16(19)13-6-8-14(9-7-13)17-15-5-3-4-12(10-15)11-18/h3-5,10,13-14,17-18H,2,6-9,11H2,1H3. The molecule has 4 heteroatoms. The van der Waals surface area contributed by atoms with Crippen molar-refractivity contribution in [1.82, 2.24) is 0 Å². The Kier molecular flexibility index (Phi) is 5.41. The largest absolute Gasteiger partial charge is 0.466 e. The fraction of sp³-hybridized carbons (Fsp3) is 0.562. The van der Waals surface area contributed by atoms with E-state index >= 15 is 0 Å². The van der Waals surface area contributed by atoms with Gasteiger partial charge in [-0.25, -0.2) is 0 Å². The fourth-order valence-corrected chi connectivity index (χ4v) is 2.73. The van der Waals surface area contributed by atoms with E-state index in [4.69, 9.17) is 9.84 Å². The van der Waals surface area contributed by atoms with Gasteiger partial charge in [0.15, 0.2) is 0 Å². The molecule has 0 aromatic heterocycles. The van der Waals surface area contributed by atoms with Gasteiger partial charge in [-0.3, -0.25) is 4.79 Å². The second-order valence-electron chi connectivity index (χ2n) is 5.30. The van der Waals surface area contributed by atoms with Crippen molar-refractivity contribution >= 4 is 11.7 Å². The Bertz CT molecular complexity index is 439. The van der Waals surface area contributed by atoms with Crippen molar-refractivity contribution in [3.8, 4) is 0 Å². The molecule has 1 aromatic carbocycles. The Morgan fingerprint density at radius 2 is 2.10 bits per heavy atom. The maximum atomic E-state index is 11.7. The Balaban J connectivity index is 1.83. The molecule has 0 heterocycles. The van der Waals surface area contributed by atoms with Gasteiger partial charge in [-0.1, -0.05) is 12.1 Å². The zero-order chi connectivity index (χ0) is 14.4. The highest BCUT2D eigenvalue weighted by atomic mass is 16.5. The Hall–Kier alpha value is -1.55. The minimum Gasteiger partial charge on any atom is -0.466 e. The minimum atomic E-state index is -0.0479. The number of hydrogen-bond donors (Lipinski definition) is 2. The summed E-state index contributed by atoms with van der Waals surface area (Å²) in [6, 6.07) is 8.23. The number of aliphatic hydroxyl groups excluding tert-OH is 1. The van der Waals surface area contributed by atoms with Crippen LogP contribution in [0.5, 0.6) is 0 Å². The van der Waals surface area contributed by atoms with Crippen LogP contribution in [0.15, 0.2) is 24.3 Å². The lowest BCUT2D eigenvalue weighted by molar-refractivity contribution is -0.149. The third kappa shape index (κ3) is 3.97. The Morgan fingerprint density at radius 1 is 1.35 bits per heavy atom. The van der Waals surface area contributed by atoms with Gasteiger partial charge in [0.25, 0.3) is 0 Å². The first-order chi connectivity index (χ1) is 9.72. The van der Waals surface area contributed by atoms with Crippen LogP contribution < -0.4 is 5.32 Å². The summed E-state index contributed by atoms with van der Waals surface area (Å²) in [4.78, 5) is 11.7. The maximum absolute atomic E-state index is 11.7. The zero-order valence-electron chi connectivity index (χ0n) is 12.0. The van der Waals surface area contributed by atoms with Gasteiger partial charge in [-0.05, 0) is 50.3 Å². The topological polar surface area (TPSA) is 58.6 Å². The Morgan fingerprint density at radius 3 is 2.75 bits per heavy atom. The lowest BCUT2D eigenvalue weighted by Crippen LogP contribution is -2.30. The van der Waals surface area contributed by atoms with Crippen LogP contribution in [0.3, 0.4) is 0 Å². The van der Waals surface area contributed by atoms with Crippen molar-refractivity contribution in [2.75, 3.05) is 11.9 Å². The molecule has 4 nitrogen and oxygen atoms in total. The molecular formula is C16H23NO3. The van der Waals surface area contributed by atoms with E-state index in [0.717, 1.165) is 36.9 Å². The van der Waals surface area contributed by atoms with Gasteiger partial charge >= 0.3 is 5.97 Å². The van der Waals surface area contributed by atoms with Gasteiger partial charge in [0, 0.05) is 11.7 Å². The normalized spacial score (nSPS) is 22.3. The summed E-state index contributed by atoms with van der Waals surface area (Å²) in [5.41, 5.74) is 1.95. The van der Waals surface area contributed by atoms with Crippen molar-refractivity contribution in [1.29, 1.82) is 0 Å². The number of anilines is 1. The molecule has 0 amide bonds. The highest BCUT2D eigenvalue weighted by Gasteiger charge is 2.27. The fourth-order valence-electron chi connectivity index (χ4n) is 2.73. The molecular weight excluding hydrogens is 254 g/mol. The number of rotatable bonds is 5. The summed E-state index contributed by atoms with van der Waals surface area (Å²) < 4.78 is 5.08. The van der Waals surface area contributed by atoms with E-state index in [1.807, 2.05) is 31.2 Å². The van der Waals surface area contributed by atoms with Crippen molar-refractivity contribution in [2.45, 2.75) is 45.3 Å². The molecule has 0 spiro atoms. The Labute approximate surface area is 120 Å². The number of hydrogen-bond acceptors (Lipinski definition) is 4. The molecule has 0 atom stereocenters. The molecule has 0 aliphatic heterocycles. The molecule has 0 radical (unpaired) electrons. The van der Waals surface area contributed by atoms with Gasteiger partial charge in [0.1, 0.15) is 0 Å². The van der Waals surface area contributed by atoms with E-state index in [2.05, 4.69) is 5.32 Å². The lowest BCUT2D eigenvalue weighted by atomic mass is 9.86. The van der Waals surface area contributed by atoms with Crippen molar-refractivity contribution < 1.29 is 14.6 Å². The summed E-state index contributed by atoms with van der Waals surface area (Å²) in [5, 5.41) is 12.6. The van der Waals surface area contributed by atoms with E-state index in [1.54, 1.807) is 0 Å². The van der Waals surface area contributed by atoms with Crippen LogP contribution in [0, 0.1) is 5.92 Å². The number of carbonyl (C=O) groups excluding carboxylic acids is 1. The average Bonchev–Trinajstić information content (AvgIpc) is 2.48. The third-order valence-corrected chi connectivity index (χ3v) is 3.83. The van der Waals surface area contributed by atoms with E-state index in [0.29, 0.717) is 12.6 Å². The lowest BCUT2D eigenvalue weighted by Gasteiger charge is -2.28. The first kappa shape index (κ1) is 14.9. The van der Waals surface area contributed by atoms with Gasteiger partial charge in [0.2, 0.25) is 0 Å². The molecule has 1 saturated carbocycles. The second kappa shape index (κ2) is 7.29. The van der Waals surface area contributed by atoms with Gasteiger partial charge < -0.3 is 15.2 Å². The number of nitrogens with one attached hydrogen (secondary N) is 1. The molecule has 0 bridgehead atoms. The molecule has 0 saturated heterocycles. The summed E-state index contributed by atoms with van der Waals surface area (Å²) in [6.07, 6.45) is 3.73. The van der Waals surface area contributed by atoms with Crippen LogP contribution in [-0.4, -0.2) is 23.7 Å². The van der Waals surface area contributed by atoms with Crippen LogP contribution in [0.1, 0.15) is 38.2 Å². The molecule has 0 unspecified atom stereocenters. The van der Waals surface area contributed by atoms with Crippen LogP contribution in [0.4, 0.5) is 5.69 Å². The number of esters is 1. The maximum Gasteiger partial charge on any atom is 0.308 e. The third-order valence-electron chi connectivity index (χ3n) is 3.83. The highest BCUT2D eigenvalue weighted by molar-refractivity contribution is 5.72. The zero-order valence-corrected chi connectivity index (χ0v) is 12.0. The predicted molar refractivity (Wildman–Crippen MR) is 78.4 cm³/mol. The van der Waals surface area contributed by atoms with Crippen molar-refractivity contribution in [3.05, 3.63) is 29.8 Å². The minimum absolute atomic E-state index is 0.0479. The number of carbonyl (C=O) groups is 1. The molecule has 1 aliphatic rings. The quantitative estimate of drug-likeness (QED) is 0.812. The average molecular weight is 277 g/mol. The molecule has 1 aromatic rings. The second-order valence-corrected chi connectivity index (χ2v) is 5.30. The summed E-state index contributed by atoms with van der Waals surface area (Å²) >= 11 is 0. The SMILES string of the molecule is CCOC(=O)C1CCC(Nc2cccc(CO)c2)CC1. The van der Waals surface area contributed by atoms with Crippen LogP contribution in [0.25, 0.3) is 0 Å². The molecule has 2 rings (SSSR count). The molecule has 2 N–H and O–H groups in total. The number of aliphatic hydroxyl groups is 1.